The van der Waals surface area contributed by atoms with E-state index in [1.54, 1.807) is 12.3 Å². The minimum atomic E-state index is -0.599. The first-order valence-electron chi connectivity index (χ1n) is 7.30. The van der Waals surface area contributed by atoms with Gasteiger partial charge in [-0.1, -0.05) is 36.0 Å². The van der Waals surface area contributed by atoms with Crippen molar-refractivity contribution in [2.45, 2.75) is 38.3 Å². The van der Waals surface area contributed by atoms with Gasteiger partial charge in [0, 0.05) is 6.07 Å². The van der Waals surface area contributed by atoms with E-state index in [0.29, 0.717) is 11.9 Å². The molecule has 2 aromatic heterocycles. The Kier molecular flexibility index (Phi) is 4.68. The molecule has 1 aliphatic rings. The molecule has 3 rings (SSSR count). The number of nitrogens with one attached hydrogen (secondary N) is 1. The number of nitrogens with zero attached hydrogens (tertiary/aromatic N) is 4. The summed E-state index contributed by atoms with van der Waals surface area (Å²) in [6.45, 7) is -0.244. The minimum absolute atomic E-state index is 0.0626. The van der Waals surface area contributed by atoms with Crippen LogP contribution in [0.4, 0.5) is 5.82 Å². The highest BCUT2D eigenvalue weighted by atomic mass is 35.5. The summed E-state index contributed by atoms with van der Waals surface area (Å²) in [6, 6.07) is 2.05. The molecule has 0 unspecified atom stereocenters. The summed E-state index contributed by atoms with van der Waals surface area (Å²) in [5, 5.41) is 10.8. The van der Waals surface area contributed by atoms with Crippen LogP contribution in [0.3, 0.4) is 0 Å². The molecule has 0 spiro atoms. The number of anilines is 1. The largest absolute Gasteiger partial charge is 0.309 e. The van der Waals surface area contributed by atoms with E-state index < -0.39 is 5.56 Å². The van der Waals surface area contributed by atoms with Gasteiger partial charge in [0.25, 0.3) is 5.56 Å². The number of carbonyl (C=O) groups excluding carboxylic acids is 1. The van der Waals surface area contributed by atoms with Gasteiger partial charge in [-0.15, -0.1) is 0 Å². The molecule has 9 heteroatoms. The molecule has 0 radical (unpaired) electrons. The van der Waals surface area contributed by atoms with Gasteiger partial charge in [-0.25, -0.2) is 9.36 Å². The maximum absolute atomic E-state index is 12.2. The van der Waals surface area contributed by atoms with Crippen molar-refractivity contribution in [1.29, 1.82) is 0 Å². The van der Waals surface area contributed by atoms with Gasteiger partial charge >= 0.3 is 0 Å². The van der Waals surface area contributed by atoms with E-state index in [-0.39, 0.29) is 22.5 Å². The highest BCUT2D eigenvalue weighted by Gasteiger charge is 2.20. The molecule has 0 aromatic carbocycles. The maximum atomic E-state index is 12.2. The highest BCUT2D eigenvalue weighted by molar-refractivity contribution is 6.41. The average Bonchev–Trinajstić information content (AvgIpc) is 3.18. The van der Waals surface area contributed by atoms with Crippen molar-refractivity contribution < 1.29 is 4.79 Å². The van der Waals surface area contributed by atoms with Crippen LogP contribution >= 0.6 is 23.2 Å². The number of carbonyl (C=O) groups is 1. The Balaban J connectivity index is 1.72. The number of rotatable bonds is 4. The van der Waals surface area contributed by atoms with Crippen LogP contribution < -0.4 is 10.9 Å². The van der Waals surface area contributed by atoms with Gasteiger partial charge in [0.05, 0.1) is 23.5 Å². The average molecular weight is 356 g/mol. The fourth-order valence-electron chi connectivity index (χ4n) is 2.73. The van der Waals surface area contributed by atoms with Crippen LogP contribution in [-0.4, -0.2) is 25.5 Å². The molecule has 0 aliphatic heterocycles. The summed E-state index contributed by atoms with van der Waals surface area (Å²) in [5.41, 5.74) is -0.599. The number of amides is 1. The zero-order chi connectivity index (χ0) is 16.4. The normalized spacial score (nSPS) is 15.0. The van der Waals surface area contributed by atoms with Crippen LogP contribution in [0.1, 0.15) is 31.7 Å². The molecule has 2 aromatic rings. The van der Waals surface area contributed by atoms with Crippen molar-refractivity contribution in [3.63, 3.8) is 0 Å². The summed E-state index contributed by atoms with van der Waals surface area (Å²) >= 11 is 11.5. The second kappa shape index (κ2) is 6.72. The Hall–Kier alpha value is -1.86. The zero-order valence-electron chi connectivity index (χ0n) is 12.2. The van der Waals surface area contributed by atoms with Gasteiger partial charge in [-0.2, -0.15) is 10.2 Å². The predicted octanol–water partition coefficient (Wildman–Crippen LogP) is 2.50. The monoisotopic (exact) mass is 355 g/mol. The van der Waals surface area contributed by atoms with Gasteiger partial charge in [-0.3, -0.25) is 9.59 Å². The molecular weight excluding hydrogens is 341 g/mol. The van der Waals surface area contributed by atoms with Crippen LogP contribution in [0.15, 0.2) is 23.3 Å². The van der Waals surface area contributed by atoms with Gasteiger partial charge in [0.15, 0.2) is 0 Å². The van der Waals surface area contributed by atoms with Crippen LogP contribution in [-0.2, 0) is 11.3 Å². The summed E-state index contributed by atoms with van der Waals surface area (Å²) in [5.74, 6) is 0.243. The van der Waals surface area contributed by atoms with Crippen molar-refractivity contribution in [1.82, 2.24) is 19.6 Å². The Morgan fingerprint density at radius 2 is 2.04 bits per heavy atom. The molecule has 1 amide bonds. The topological polar surface area (TPSA) is 81.8 Å². The summed E-state index contributed by atoms with van der Waals surface area (Å²) in [4.78, 5) is 24.1. The second-order valence-electron chi connectivity index (χ2n) is 5.42. The van der Waals surface area contributed by atoms with Gasteiger partial charge in [0.2, 0.25) is 5.91 Å². The molecule has 0 bridgehead atoms. The van der Waals surface area contributed by atoms with Crippen molar-refractivity contribution in [3.05, 3.63) is 38.9 Å². The quantitative estimate of drug-likeness (QED) is 0.913. The third kappa shape index (κ3) is 3.40. The standard InChI is InChI=1S/C14H15Cl2N5O2/c15-10-7-18-20(14(23)13(10)16)8-12(22)19-11-5-6-17-21(11)9-3-1-2-4-9/h5-7,9H,1-4,8H2,(H,19,22). The summed E-state index contributed by atoms with van der Waals surface area (Å²) < 4.78 is 2.80. The number of hydrogen-bond donors (Lipinski definition) is 1. The summed E-state index contributed by atoms with van der Waals surface area (Å²) in [7, 11) is 0. The lowest BCUT2D eigenvalue weighted by molar-refractivity contribution is -0.117. The van der Waals surface area contributed by atoms with E-state index >= 15 is 0 Å². The molecule has 0 saturated heterocycles. The van der Waals surface area contributed by atoms with E-state index in [2.05, 4.69) is 15.5 Å². The van der Waals surface area contributed by atoms with Gasteiger partial charge in [-0.05, 0) is 12.8 Å². The molecule has 23 heavy (non-hydrogen) atoms. The molecule has 1 N–H and O–H groups in total. The van der Waals surface area contributed by atoms with Gasteiger partial charge < -0.3 is 5.32 Å². The van der Waals surface area contributed by atoms with Crippen molar-refractivity contribution in [2.75, 3.05) is 5.32 Å². The number of halogens is 2. The van der Waals surface area contributed by atoms with Crippen molar-refractivity contribution in [3.8, 4) is 0 Å². The van der Waals surface area contributed by atoms with Crippen molar-refractivity contribution in [2.24, 2.45) is 0 Å². The van der Waals surface area contributed by atoms with Crippen LogP contribution in [0.5, 0.6) is 0 Å². The van der Waals surface area contributed by atoms with Gasteiger partial charge in [0.1, 0.15) is 17.4 Å². The lowest BCUT2D eigenvalue weighted by Crippen LogP contribution is -2.30. The third-order valence-electron chi connectivity index (χ3n) is 3.84. The SMILES string of the molecule is O=C(Cn1ncc(Cl)c(Cl)c1=O)Nc1ccnn1C1CCCC1. The molecule has 1 aliphatic carbocycles. The first kappa shape index (κ1) is 16.0. The molecule has 7 nitrogen and oxygen atoms in total. The second-order valence-corrected chi connectivity index (χ2v) is 6.20. The maximum Gasteiger partial charge on any atom is 0.287 e. The van der Waals surface area contributed by atoms with E-state index in [1.165, 1.54) is 19.0 Å². The predicted molar refractivity (Wildman–Crippen MR) is 86.9 cm³/mol. The number of aromatic nitrogens is 4. The Labute approximate surface area is 142 Å². The molecule has 0 atom stereocenters. The van der Waals surface area contributed by atoms with E-state index in [0.717, 1.165) is 17.5 Å². The Bertz CT molecular complexity index is 780. The van der Waals surface area contributed by atoms with Crippen LogP contribution in [0, 0.1) is 0 Å². The highest BCUT2D eigenvalue weighted by Crippen LogP contribution is 2.31. The molecular formula is C14H15Cl2N5O2. The fourth-order valence-corrected chi connectivity index (χ4v) is 3.00. The molecule has 2 heterocycles. The van der Waals surface area contributed by atoms with Crippen LogP contribution in [0.2, 0.25) is 10.0 Å². The zero-order valence-corrected chi connectivity index (χ0v) is 13.7. The Morgan fingerprint density at radius 3 is 2.78 bits per heavy atom. The molecule has 1 fully saturated rings. The van der Waals surface area contributed by atoms with E-state index in [1.807, 2.05) is 4.68 Å². The summed E-state index contributed by atoms with van der Waals surface area (Å²) in [6.07, 6.45) is 7.33. The first-order valence-corrected chi connectivity index (χ1v) is 8.06. The van der Waals surface area contributed by atoms with E-state index in [4.69, 9.17) is 23.2 Å². The first-order chi connectivity index (χ1) is 11.1. The molecule has 122 valence electrons. The van der Waals surface area contributed by atoms with Crippen molar-refractivity contribution >= 4 is 34.9 Å². The third-order valence-corrected chi connectivity index (χ3v) is 4.59. The Morgan fingerprint density at radius 1 is 1.30 bits per heavy atom. The lowest BCUT2D eigenvalue weighted by atomic mass is 10.2. The van der Waals surface area contributed by atoms with E-state index in [9.17, 15) is 9.59 Å². The number of hydrogen-bond acceptors (Lipinski definition) is 4. The minimum Gasteiger partial charge on any atom is -0.309 e. The lowest BCUT2D eigenvalue weighted by Gasteiger charge is -2.14. The van der Waals surface area contributed by atoms with Crippen LogP contribution in [0.25, 0.3) is 0 Å². The smallest absolute Gasteiger partial charge is 0.287 e. The molecule has 1 saturated carbocycles. The fraction of sp³-hybridized carbons (Fsp3) is 0.429.